The van der Waals surface area contributed by atoms with Crippen molar-refractivity contribution < 1.29 is 23.5 Å². The molecule has 2 saturated carbocycles. The first-order valence-electron chi connectivity index (χ1n) is 14.6. The van der Waals surface area contributed by atoms with E-state index in [4.69, 9.17) is 10.5 Å². The predicted molar refractivity (Wildman–Crippen MR) is 173 cm³/mol. The maximum absolute atomic E-state index is 14.7. The molecule has 4 amide bonds. The number of hydrogen-bond donors (Lipinski definition) is 2. The van der Waals surface area contributed by atoms with E-state index in [0.717, 1.165) is 39.9 Å². The number of imidazole rings is 1. The molecule has 4 heterocycles. The van der Waals surface area contributed by atoms with Crippen LogP contribution in [0.2, 0.25) is 0 Å². The van der Waals surface area contributed by atoms with Crippen LogP contribution in [-0.2, 0) is 16.2 Å². The van der Waals surface area contributed by atoms with Crippen LogP contribution in [0.4, 0.5) is 20.6 Å². The molecule has 11 nitrogen and oxygen atoms in total. The van der Waals surface area contributed by atoms with Crippen LogP contribution >= 0.6 is 19.8 Å². The Bertz CT molecular complexity index is 1750. The molecule has 230 valence electrons. The molecule has 44 heavy (non-hydrogen) atoms. The van der Waals surface area contributed by atoms with Crippen LogP contribution in [0.1, 0.15) is 43.4 Å². The third kappa shape index (κ3) is 5.76. The van der Waals surface area contributed by atoms with Gasteiger partial charge in [0.15, 0.2) is 0 Å². The number of halogens is 2. The summed E-state index contributed by atoms with van der Waals surface area (Å²) in [5.41, 5.74) is 9.53. The molecular formula is C31H33FIN7O4. The molecule has 7 rings (SSSR count). The third-order valence-electron chi connectivity index (χ3n) is 8.22. The van der Waals surface area contributed by atoms with Gasteiger partial charge in [-0.15, -0.1) is 0 Å². The molecule has 3 aromatic rings. The van der Waals surface area contributed by atoms with Gasteiger partial charge in [0.25, 0.3) is 0 Å². The fourth-order valence-corrected chi connectivity index (χ4v) is 12.6. The molecular weight excluding hydrogens is 680 g/mol. The average Bonchev–Trinajstić information content (AvgIpc) is 3.88. The fourth-order valence-electron chi connectivity index (χ4n) is 5.45. The van der Waals surface area contributed by atoms with Crippen molar-refractivity contribution in [3.05, 3.63) is 65.5 Å². The van der Waals surface area contributed by atoms with Gasteiger partial charge in [-0.3, -0.25) is 14.6 Å². The number of likely N-dealkylation sites (N-methyl/N-ethyl adjacent to an activating group) is 1. The Morgan fingerprint density at radius 3 is 2.82 bits per heavy atom. The number of alkyl halides is 3. The van der Waals surface area contributed by atoms with E-state index in [0.29, 0.717) is 36.6 Å². The molecule has 2 aromatic heterocycles. The number of pyridine rings is 1. The number of rotatable bonds is 10. The number of anilines is 2. The number of allylic oxidation sites excluding steroid dienone is 2. The van der Waals surface area contributed by atoms with Gasteiger partial charge in [0.1, 0.15) is 6.54 Å². The van der Waals surface area contributed by atoms with Crippen molar-refractivity contribution in [3.8, 4) is 5.75 Å². The number of urea groups is 1. The monoisotopic (exact) mass is 713 g/mol. The Balaban J connectivity index is 1.02. The summed E-state index contributed by atoms with van der Waals surface area (Å²) >= 11 is -1.24. The van der Waals surface area contributed by atoms with E-state index >= 15 is 0 Å². The molecule has 4 fully saturated rings. The van der Waals surface area contributed by atoms with Gasteiger partial charge in [-0.1, -0.05) is 0 Å². The van der Waals surface area contributed by atoms with Crippen LogP contribution in [0, 0.1) is 11.7 Å². The van der Waals surface area contributed by atoms with Gasteiger partial charge in [-0.25, -0.2) is 4.79 Å². The van der Waals surface area contributed by atoms with Crippen LogP contribution in [0.15, 0.2) is 53.4 Å². The van der Waals surface area contributed by atoms with Gasteiger partial charge in [-0.2, -0.15) is 0 Å². The van der Waals surface area contributed by atoms with Gasteiger partial charge < -0.3 is 0 Å². The third-order valence-corrected chi connectivity index (χ3v) is 15.0. The van der Waals surface area contributed by atoms with E-state index < -0.39 is 31.7 Å². The van der Waals surface area contributed by atoms with Crippen molar-refractivity contribution in [1.29, 1.82) is 0 Å². The number of aromatic nitrogens is 2. The quantitative estimate of drug-likeness (QED) is 0.105. The molecule has 3 N–H and O–H groups in total. The summed E-state index contributed by atoms with van der Waals surface area (Å²) < 4.78 is 24.4. The van der Waals surface area contributed by atoms with Crippen molar-refractivity contribution in [2.45, 2.75) is 46.7 Å². The van der Waals surface area contributed by atoms with E-state index in [9.17, 15) is 18.8 Å². The molecule has 1 unspecified atom stereocenters. The minimum absolute atomic E-state index is 0.00320. The number of amides is 4. The first-order chi connectivity index (χ1) is 21.2. The van der Waals surface area contributed by atoms with Crippen LogP contribution in [0.25, 0.3) is 5.65 Å². The summed E-state index contributed by atoms with van der Waals surface area (Å²) in [5, 5.41) is 2.94. The summed E-state index contributed by atoms with van der Waals surface area (Å²) in [6.45, 7) is 1.75. The Labute approximate surface area is 260 Å². The molecule has 3 atom stereocenters. The van der Waals surface area contributed by atoms with E-state index in [2.05, 4.69) is 15.3 Å². The average molecular weight is 714 g/mol. The molecule has 0 spiro atoms. The Kier molecular flexibility index (Phi) is 7.29. The van der Waals surface area contributed by atoms with E-state index in [1.807, 2.05) is 23.6 Å². The second kappa shape index (κ2) is 11.2. The molecule has 0 radical (unpaired) electrons. The maximum atomic E-state index is 14.7. The molecule has 2 aliphatic heterocycles. The number of nitrogens with zero attached hydrogens (tertiary/aromatic N) is 5. The Morgan fingerprint density at radius 1 is 1.27 bits per heavy atom. The number of carbonyl (C=O) groups is 3. The van der Waals surface area contributed by atoms with Crippen LogP contribution in [0.5, 0.6) is 5.75 Å². The second-order valence-corrected chi connectivity index (χ2v) is 18.1. The topological polar surface area (TPSA) is 135 Å². The normalized spacial score (nSPS) is 24.1. The first kappa shape index (κ1) is 28.7. The molecule has 4 aliphatic rings. The second-order valence-electron chi connectivity index (χ2n) is 11.7. The number of nitrogens with one attached hydrogen (secondary N) is 1. The van der Waals surface area contributed by atoms with E-state index in [-0.39, 0.29) is 36.6 Å². The van der Waals surface area contributed by atoms with Gasteiger partial charge >= 0.3 is 180 Å². The first-order valence-corrected chi connectivity index (χ1v) is 18.6. The summed E-state index contributed by atoms with van der Waals surface area (Å²) in [6, 6.07) is 5.84. The molecule has 2 saturated heterocycles. The van der Waals surface area contributed by atoms with Crippen molar-refractivity contribution >= 4 is 60.9 Å². The predicted octanol–water partition coefficient (Wildman–Crippen LogP) is 4.43. The van der Waals surface area contributed by atoms with Gasteiger partial charge in [0.05, 0.1) is 5.69 Å². The van der Waals surface area contributed by atoms with Gasteiger partial charge in [0.2, 0.25) is 5.91 Å². The number of benzene rings is 1. The van der Waals surface area contributed by atoms with E-state index in [1.165, 1.54) is 30.1 Å². The molecule has 2 aliphatic carbocycles. The summed E-state index contributed by atoms with van der Waals surface area (Å²) in [5.74, 6) is -0.466. The number of nitrogens with two attached hydrogens (primary N) is 1. The van der Waals surface area contributed by atoms with Crippen molar-refractivity contribution in [1.82, 2.24) is 14.3 Å². The standard InChI is InChI=1S/C31H33FIN7O4/c1-17(34)7-8-35-27-12-33(27)24-11-22(24)30(42)37-20-5-6-23(32)26(10-20)44-16-21-14-39-13-19(18-3-4-18)9-25(29(39)36-21)40-15-28(41)38(2)31(40)43/h5-10,13-14,18,22,24,27H,3-4,11-12,15-16,34H2,1-2H3,(H,37,42)/b17-7-,35-8-/t22-,24-,27?/m0/s1. The fraction of sp³-hybridized carbons (Fsp3) is 0.387. The van der Waals surface area contributed by atoms with Gasteiger partial charge in [0, 0.05) is 13.2 Å². The number of aliphatic imine (C=N–C) groups is 1. The zero-order valence-electron chi connectivity index (χ0n) is 24.4. The number of imide groups is 1. The van der Waals surface area contributed by atoms with Crippen molar-refractivity contribution in [3.63, 3.8) is 0 Å². The molecule has 13 heteroatoms. The summed E-state index contributed by atoms with van der Waals surface area (Å²) in [7, 11) is 1.47. The zero-order valence-corrected chi connectivity index (χ0v) is 26.5. The van der Waals surface area contributed by atoms with Gasteiger partial charge in [-0.05, 0) is 30.4 Å². The van der Waals surface area contributed by atoms with E-state index in [1.54, 1.807) is 18.5 Å². The number of hydrogen-bond acceptors (Lipinski definition) is 7. The molecule has 0 bridgehead atoms. The Hall–Kier alpha value is -4.01. The number of ether oxygens (including phenoxy) is 1. The zero-order chi connectivity index (χ0) is 30.7. The van der Waals surface area contributed by atoms with Crippen molar-refractivity contribution in [2.24, 2.45) is 16.6 Å². The Morgan fingerprint density at radius 2 is 2.09 bits per heavy atom. The number of fused-ring (bicyclic) bond motifs is 1. The minimum atomic E-state index is -1.24. The summed E-state index contributed by atoms with van der Waals surface area (Å²) in [4.78, 5) is 49.8. The summed E-state index contributed by atoms with van der Waals surface area (Å²) in [6.07, 6.45) is 10.4. The molecule has 1 aromatic carbocycles. The number of carbonyl (C=O) groups excluding carboxylic acids is 3. The van der Waals surface area contributed by atoms with Crippen LogP contribution in [0.3, 0.4) is 0 Å². The SMILES string of the molecule is C/C(N)=C/C=N\C1CI1[C@H]1C[C@@H]1C(=O)Nc1ccc(F)c(OCc2cn3cc(C4CC4)cc(N4CC(=O)N(C)C4=O)c3n2)c1. The van der Waals surface area contributed by atoms with Crippen LogP contribution < -0.4 is 20.7 Å². The van der Waals surface area contributed by atoms with Crippen molar-refractivity contribution in [2.75, 3.05) is 28.2 Å². The van der Waals surface area contributed by atoms with Crippen LogP contribution in [-0.4, -0.2) is 64.3 Å².